The smallest absolute Gasteiger partial charge is 0.259 e. The highest BCUT2D eigenvalue weighted by molar-refractivity contribution is 6.07. The number of hydrogen-bond acceptors (Lipinski definition) is 4. The number of nitrogens with zero attached hydrogens (tertiary/aromatic N) is 1. The third-order valence-corrected chi connectivity index (χ3v) is 3.61. The van der Waals surface area contributed by atoms with Gasteiger partial charge in [-0.15, -0.1) is 0 Å². The lowest BCUT2D eigenvalue weighted by molar-refractivity contribution is 0.102. The molecule has 2 aromatic rings. The van der Waals surface area contributed by atoms with Crippen LogP contribution in [-0.4, -0.2) is 17.5 Å². The highest BCUT2D eigenvalue weighted by atomic mass is 19.1. The van der Waals surface area contributed by atoms with Crippen LogP contribution >= 0.6 is 0 Å². The maximum atomic E-state index is 13.4. The van der Waals surface area contributed by atoms with Gasteiger partial charge in [0.1, 0.15) is 18.2 Å². The molecule has 26 heavy (non-hydrogen) atoms. The van der Waals surface area contributed by atoms with Gasteiger partial charge in [-0.25, -0.2) is 4.98 Å². The second-order valence-electron chi connectivity index (χ2n) is 5.76. The molecule has 0 radical (unpaired) electrons. The fourth-order valence-electron chi connectivity index (χ4n) is 2.17. The Bertz CT molecular complexity index is 841. The molecule has 0 unspecified atom stereocenters. The number of hydrogen-bond donors (Lipinski definition) is 2. The maximum Gasteiger partial charge on any atom is 0.259 e. The summed E-state index contributed by atoms with van der Waals surface area (Å²) in [5.41, 5.74) is 6.55. The number of rotatable bonds is 6. The summed E-state index contributed by atoms with van der Waals surface area (Å²) in [4.78, 5) is 15.9. The van der Waals surface area contributed by atoms with E-state index in [2.05, 4.69) is 29.1 Å². The monoisotopic (exact) mass is 355 g/mol. The highest BCUT2D eigenvalue weighted by Gasteiger charge is 2.14. The van der Waals surface area contributed by atoms with Crippen LogP contribution in [0, 0.1) is 24.7 Å². The third kappa shape index (κ3) is 5.49. The van der Waals surface area contributed by atoms with E-state index in [-0.39, 0.29) is 23.6 Å². The van der Waals surface area contributed by atoms with Gasteiger partial charge in [-0.3, -0.25) is 4.79 Å². The van der Waals surface area contributed by atoms with Crippen molar-refractivity contribution in [3.8, 4) is 17.6 Å². The lowest BCUT2D eigenvalue weighted by Crippen LogP contribution is -2.16. The Balaban J connectivity index is 2.00. The first-order chi connectivity index (χ1) is 12.5. The van der Waals surface area contributed by atoms with Gasteiger partial charge >= 0.3 is 0 Å². The third-order valence-electron chi connectivity index (χ3n) is 3.61. The van der Waals surface area contributed by atoms with E-state index >= 15 is 0 Å². The molecule has 5 nitrogen and oxygen atoms in total. The zero-order valence-electron chi connectivity index (χ0n) is 14.9. The molecule has 0 atom stereocenters. The number of amides is 1. The van der Waals surface area contributed by atoms with Gasteiger partial charge in [-0.2, -0.15) is 4.39 Å². The van der Waals surface area contributed by atoms with Crippen molar-refractivity contribution in [2.45, 2.75) is 33.1 Å². The topological polar surface area (TPSA) is 77.2 Å². The fraction of sp³-hybridized carbons (Fsp3) is 0.300. The molecule has 6 heteroatoms. The van der Waals surface area contributed by atoms with E-state index < -0.39 is 11.9 Å². The van der Waals surface area contributed by atoms with Crippen LogP contribution < -0.4 is 15.8 Å². The van der Waals surface area contributed by atoms with Gasteiger partial charge in [-0.05, 0) is 31.5 Å². The largest absolute Gasteiger partial charge is 0.481 e. The minimum atomic E-state index is -0.686. The zero-order valence-corrected chi connectivity index (χ0v) is 14.9. The van der Waals surface area contributed by atoms with Gasteiger partial charge < -0.3 is 15.8 Å². The number of halogens is 1. The predicted octanol–water partition coefficient (Wildman–Crippen LogP) is 3.94. The number of ether oxygens (including phenoxy) is 1. The Kier molecular flexibility index (Phi) is 6.98. The number of carbonyl (C=O) groups is 1. The first-order valence-corrected chi connectivity index (χ1v) is 8.43. The normalized spacial score (nSPS) is 9.96. The summed E-state index contributed by atoms with van der Waals surface area (Å²) in [5.74, 6) is 5.29. The molecule has 0 saturated carbocycles. The average Bonchev–Trinajstić information content (AvgIpc) is 2.61. The van der Waals surface area contributed by atoms with Crippen LogP contribution in [-0.2, 0) is 0 Å². The SMILES string of the molecule is CCCCC#CCOc1cccc(NC(=O)c2cc(C)c(F)nc2N)c1. The Hall–Kier alpha value is -3.07. The lowest BCUT2D eigenvalue weighted by Gasteiger charge is -2.09. The van der Waals surface area contributed by atoms with Crippen molar-refractivity contribution in [2.24, 2.45) is 0 Å². The van der Waals surface area contributed by atoms with Crippen molar-refractivity contribution >= 4 is 17.4 Å². The lowest BCUT2D eigenvalue weighted by atomic mass is 10.1. The molecule has 0 aliphatic heterocycles. The molecule has 1 heterocycles. The van der Waals surface area contributed by atoms with Crippen LogP contribution in [0.2, 0.25) is 0 Å². The molecule has 136 valence electrons. The first-order valence-electron chi connectivity index (χ1n) is 8.43. The number of unbranched alkanes of at least 4 members (excludes halogenated alkanes) is 2. The first kappa shape index (κ1) is 19.3. The minimum Gasteiger partial charge on any atom is -0.481 e. The van der Waals surface area contributed by atoms with Crippen LogP contribution in [0.15, 0.2) is 30.3 Å². The summed E-state index contributed by atoms with van der Waals surface area (Å²) < 4.78 is 18.9. The van der Waals surface area contributed by atoms with Gasteiger partial charge in [-0.1, -0.05) is 31.3 Å². The number of aromatic nitrogens is 1. The predicted molar refractivity (Wildman–Crippen MR) is 101 cm³/mol. The molecule has 0 aliphatic rings. The number of nitrogens with one attached hydrogen (secondary N) is 1. The number of carbonyl (C=O) groups excluding carboxylic acids is 1. The van der Waals surface area contributed by atoms with Gasteiger partial charge in [0, 0.05) is 23.7 Å². The van der Waals surface area contributed by atoms with Crippen LogP contribution in [0.1, 0.15) is 42.1 Å². The van der Waals surface area contributed by atoms with E-state index in [1.165, 1.54) is 13.0 Å². The Morgan fingerprint density at radius 3 is 2.92 bits per heavy atom. The summed E-state index contributed by atoms with van der Waals surface area (Å²) >= 11 is 0. The van der Waals surface area contributed by atoms with E-state index in [9.17, 15) is 9.18 Å². The Morgan fingerprint density at radius 1 is 1.35 bits per heavy atom. The van der Waals surface area contributed by atoms with Crippen LogP contribution in [0.5, 0.6) is 5.75 Å². The summed E-state index contributed by atoms with van der Waals surface area (Å²) in [6.45, 7) is 3.93. The Morgan fingerprint density at radius 2 is 2.15 bits per heavy atom. The van der Waals surface area contributed by atoms with E-state index in [1.54, 1.807) is 24.3 Å². The molecule has 0 saturated heterocycles. The molecule has 0 bridgehead atoms. The summed E-state index contributed by atoms with van der Waals surface area (Å²) in [7, 11) is 0. The zero-order chi connectivity index (χ0) is 18.9. The molecule has 0 fully saturated rings. The van der Waals surface area contributed by atoms with Crippen molar-refractivity contribution in [3.05, 3.63) is 47.4 Å². The number of nitrogens with two attached hydrogens (primary N) is 1. The molecule has 0 spiro atoms. The molecular formula is C20H22FN3O2. The number of pyridine rings is 1. The second-order valence-corrected chi connectivity index (χ2v) is 5.76. The molecule has 1 amide bonds. The van der Waals surface area contributed by atoms with Gasteiger partial charge in [0.25, 0.3) is 5.91 Å². The summed E-state index contributed by atoms with van der Waals surface area (Å²) in [5, 5.41) is 2.71. The molecule has 1 aromatic carbocycles. The van der Waals surface area contributed by atoms with E-state index in [1.807, 2.05) is 0 Å². The number of anilines is 2. The Labute approximate surface area is 152 Å². The van der Waals surface area contributed by atoms with Crippen molar-refractivity contribution in [3.63, 3.8) is 0 Å². The number of aryl methyl sites for hydroxylation is 1. The van der Waals surface area contributed by atoms with Crippen molar-refractivity contribution in [1.29, 1.82) is 0 Å². The van der Waals surface area contributed by atoms with Crippen LogP contribution in [0.3, 0.4) is 0 Å². The molecule has 1 aromatic heterocycles. The quantitative estimate of drug-likeness (QED) is 0.467. The summed E-state index contributed by atoms with van der Waals surface area (Å²) in [6, 6.07) is 8.32. The molecule has 3 N–H and O–H groups in total. The van der Waals surface area contributed by atoms with Crippen molar-refractivity contribution in [1.82, 2.24) is 4.98 Å². The average molecular weight is 355 g/mol. The van der Waals surface area contributed by atoms with Crippen LogP contribution in [0.4, 0.5) is 15.9 Å². The second kappa shape index (κ2) is 9.42. The van der Waals surface area contributed by atoms with Crippen molar-refractivity contribution in [2.75, 3.05) is 17.7 Å². The maximum absolute atomic E-state index is 13.4. The van der Waals surface area contributed by atoms with Crippen LogP contribution in [0.25, 0.3) is 0 Å². The van der Waals surface area contributed by atoms with Gasteiger partial charge in [0.15, 0.2) is 0 Å². The molecule has 0 aliphatic carbocycles. The standard InChI is InChI=1S/C20H22FN3O2/c1-3-4-5-6-7-11-26-16-10-8-9-15(13-16)23-20(25)17-12-14(2)18(21)24-19(17)22/h8-10,12-13H,3-5,11H2,1-2H3,(H2,22,24)(H,23,25). The minimum absolute atomic E-state index is 0.122. The molecular weight excluding hydrogens is 333 g/mol. The molecule has 2 rings (SSSR count). The van der Waals surface area contributed by atoms with Gasteiger partial charge in [0.2, 0.25) is 5.95 Å². The van der Waals surface area contributed by atoms with Crippen molar-refractivity contribution < 1.29 is 13.9 Å². The van der Waals surface area contributed by atoms with E-state index in [0.717, 1.165) is 19.3 Å². The van der Waals surface area contributed by atoms with E-state index in [0.29, 0.717) is 11.4 Å². The number of nitrogen functional groups attached to an aromatic ring is 1. The highest BCUT2D eigenvalue weighted by Crippen LogP contribution is 2.20. The summed E-state index contributed by atoms with van der Waals surface area (Å²) in [6.07, 6.45) is 3.06. The number of benzene rings is 1. The van der Waals surface area contributed by atoms with Gasteiger partial charge in [0.05, 0.1) is 5.56 Å². The fourth-order valence-corrected chi connectivity index (χ4v) is 2.17. The van der Waals surface area contributed by atoms with E-state index in [4.69, 9.17) is 10.5 Å².